The molecule has 0 amide bonds. The first kappa shape index (κ1) is 23.8. The normalized spacial score (nSPS) is 13.1. The number of carboxylic acids is 4. The highest BCUT2D eigenvalue weighted by atomic mass is 16.4. The Morgan fingerprint density at radius 3 is 1.23 bits per heavy atom. The molecule has 0 bridgehead atoms. The van der Waals surface area contributed by atoms with Gasteiger partial charge in [0, 0.05) is 12.8 Å². The van der Waals surface area contributed by atoms with Gasteiger partial charge < -0.3 is 31.1 Å². The SMILES string of the molecule is O=C(O)CCC(NCCCCCCNC(CCC(=O)O)C(=O)O)C(=O)O. The smallest absolute Gasteiger partial charge is 0.320 e. The maximum Gasteiger partial charge on any atom is 0.320 e. The van der Waals surface area contributed by atoms with Crippen molar-refractivity contribution in [3.63, 3.8) is 0 Å². The second kappa shape index (κ2) is 14.0. The van der Waals surface area contributed by atoms with Gasteiger partial charge in [-0.1, -0.05) is 12.8 Å². The van der Waals surface area contributed by atoms with E-state index in [0.717, 1.165) is 25.7 Å². The molecule has 0 heterocycles. The summed E-state index contributed by atoms with van der Waals surface area (Å²) in [6.07, 6.45) is 2.71. The highest BCUT2D eigenvalue weighted by Crippen LogP contribution is 2.03. The molecule has 0 rings (SSSR count). The topological polar surface area (TPSA) is 173 Å². The van der Waals surface area contributed by atoms with Crippen LogP contribution in [0.4, 0.5) is 0 Å². The number of hydrogen-bond donors (Lipinski definition) is 6. The molecule has 150 valence electrons. The van der Waals surface area contributed by atoms with Gasteiger partial charge in [0.15, 0.2) is 0 Å². The number of unbranched alkanes of at least 4 members (excludes halogenated alkanes) is 3. The Morgan fingerprint density at radius 2 is 0.962 bits per heavy atom. The van der Waals surface area contributed by atoms with E-state index in [1.807, 2.05) is 0 Å². The number of carboxylic acid groups (broad SMARTS) is 4. The Balaban J connectivity index is 3.78. The predicted molar refractivity (Wildman–Crippen MR) is 91.1 cm³/mol. The van der Waals surface area contributed by atoms with E-state index in [-0.39, 0.29) is 25.7 Å². The fraction of sp³-hybridized carbons (Fsp3) is 0.750. The van der Waals surface area contributed by atoms with Crippen LogP contribution in [0.3, 0.4) is 0 Å². The molecular weight excluding hydrogens is 348 g/mol. The van der Waals surface area contributed by atoms with Crippen LogP contribution in [0, 0.1) is 0 Å². The molecular formula is C16H28N2O8. The van der Waals surface area contributed by atoms with Crippen molar-refractivity contribution in [3.05, 3.63) is 0 Å². The lowest BCUT2D eigenvalue weighted by atomic mass is 10.1. The molecule has 10 nitrogen and oxygen atoms in total. The Kier molecular flexibility index (Phi) is 12.8. The van der Waals surface area contributed by atoms with Gasteiger partial charge in [-0.05, 0) is 38.8 Å². The van der Waals surface area contributed by atoms with Crippen molar-refractivity contribution in [2.45, 2.75) is 63.5 Å². The molecule has 2 unspecified atom stereocenters. The van der Waals surface area contributed by atoms with Crippen LogP contribution in [0.25, 0.3) is 0 Å². The fourth-order valence-corrected chi connectivity index (χ4v) is 2.32. The second-order valence-electron chi connectivity index (χ2n) is 5.97. The maximum atomic E-state index is 11.0. The number of aliphatic carboxylic acids is 4. The zero-order valence-electron chi connectivity index (χ0n) is 14.6. The molecule has 0 fully saturated rings. The number of nitrogens with one attached hydrogen (secondary N) is 2. The summed E-state index contributed by atoms with van der Waals surface area (Å²) in [5, 5.41) is 40.8. The average Bonchev–Trinajstić information content (AvgIpc) is 2.54. The highest BCUT2D eigenvalue weighted by Gasteiger charge is 2.18. The Labute approximate surface area is 151 Å². The van der Waals surface area contributed by atoms with Crippen LogP contribution < -0.4 is 10.6 Å². The molecule has 2 atom stereocenters. The first-order valence-electron chi connectivity index (χ1n) is 8.60. The molecule has 0 saturated carbocycles. The van der Waals surface area contributed by atoms with E-state index >= 15 is 0 Å². The fourth-order valence-electron chi connectivity index (χ4n) is 2.32. The molecule has 0 aromatic heterocycles. The van der Waals surface area contributed by atoms with Crippen molar-refractivity contribution in [3.8, 4) is 0 Å². The summed E-state index contributed by atoms with van der Waals surface area (Å²) in [6, 6.07) is -1.75. The second-order valence-corrected chi connectivity index (χ2v) is 5.97. The van der Waals surface area contributed by atoms with Gasteiger partial charge in [-0.25, -0.2) is 0 Å². The van der Waals surface area contributed by atoms with E-state index in [4.69, 9.17) is 20.4 Å². The summed E-state index contributed by atoms with van der Waals surface area (Å²) >= 11 is 0. The lowest BCUT2D eigenvalue weighted by Gasteiger charge is -2.14. The molecule has 0 aliphatic heterocycles. The molecule has 0 aliphatic carbocycles. The molecule has 26 heavy (non-hydrogen) atoms. The van der Waals surface area contributed by atoms with Crippen LogP contribution >= 0.6 is 0 Å². The molecule has 0 aromatic carbocycles. The molecule has 0 aliphatic rings. The first-order chi connectivity index (χ1) is 12.2. The van der Waals surface area contributed by atoms with Gasteiger partial charge in [-0.3, -0.25) is 19.2 Å². The standard InChI is InChI=1S/C16H28N2O8/c19-13(20)7-5-11(15(23)24)17-9-3-1-2-4-10-18-12(16(25)26)6-8-14(21)22/h11-12,17-18H,1-10H2,(H,19,20)(H,21,22)(H,23,24)(H,25,26). The van der Waals surface area contributed by atoms with E-state index < -0.39 is 36.0 Å². The van der Waals surface area contributed by atoms with Crippen molar-refractivity contribution >= 4 is 23.9 Å². The number of hydrogen-bond acceptors (Lipinski definition) is 6. The van der Waals surface area contributed by atoms with Crippen molar-refractivity contribution in [2.75, 3.05) is 13.1 Å². The van der Waals surface area contributed by atoms with Crippen LogP contribution in [0.2, 0.25) is 0 Å². The molecule has 10 heteroatoms. The first-order valence-corrected chi connectivity index (χ1v) is 8.60. The number of rotatable bonds is 17. The summed E-state index contributed by atoms with van der Waals surface area (Å²) in [5.41, 5.74) is 0. The van der Waals surface area contributed by atoms with Crippen LogP contribution in [-0.4, -0.2) is 69.5 Å². The number of carbonyl (C=O) groups is 4. The van der Waals surface area contributed by atoms with Gasteiger partial charge in [0.2, 0.25) is 0 Å². The van der Waals surface area contributed by atoms with Gasteiger partial charge in [-0.15, -0.1) is 0 Å². The maximum absolute atomic E-state index is 11.0. The summed E-state index contributed by atoms with van der Waals surface area (Å²) in [5.74, 6) is -4.21. The lowest BCUT2D eigenvalue weighted by Crippen LogP contribution is -2.38. The minimum Gasteiger partial charge on any atom is -0.481 e. The van der Waals surface area contributed by atoms with Crippen LogP contribution in [0.15, 0.2) is 0 Å². The van der Waals surface area contributed by atoms with Gasteiger partial charge in [0.05, 0.1) is 0 Å². The highest BCUT2D eigenvalue weighted by molar-refractivity contribution is 5.75. The van der Waals surface area contributed by atoms with Crippen LogP contribution in [0.5, 0.6) is 0 Å². The summed E-state index contributed by atoms with van der Waals surface area (Å²) in [6.45, 7) is 0.917. The predicted octanol–water partition coefficient (Wildman–Crippen LogP) is 0.362. The van der Waals surface area contributed by atoms with Crippen molar-refractivity contribution in [2.24, 2.45) is 0 Å². The summed E-state index contributed by atoms with van der Waals surface area (Å²) < 4.78 is 0. The molecule has 0 spiro atoms. The van der Waals surface area contributed by atoms with Crippen LogP contribution in [0.1, 0.15) is 51.4 Å². The average molecular weight is 376 g/mol. The molecule has 0 aromatic rings. The van der Waals surface area contributed by atoms with Gasteiger partial charge in [0.1, 0.15) is 12.1 Å². The van der Waals surface area contributed by atoms with Crippen molar-refractivity contribution in [1.82, 2.24) is 10.6 Å². The van der Waals surface area contributed by atoms with Gasteiger partial charge >= 0.3 is 23.9 Å². The van der Waals surface area contributed by atoms with Crippen molar-refractivity contribution < 1.29 is 39.6 Å². The summed E-state index contributed by atoms with van der Waals surface area (Å²) in [7, 11) is 0. The van der Waals surface area contributed by atoms with Crippen LogP contribution in [-0.2, 0) is 19.2 Å². The van der Waals surface area contributed by atoms with E-state index in [1.165, 1.54) is 0 Å². The monoisotopic (exact) mass is 376 g/mol. The van der Waals surface area contributed by atoms with E-state index in [2.05, 4.69) is 10.6 Å². The van der Waals surface area contributed by atoms with Gasteiger partial charge in [-0.2, -0.15) is 0 Å². The zero-order valence-corrected chi connectivity index (χ0v) is 14.6. The van der Waals surface area contributed by atoms with Crippen molar-refractivity contribution in [1.29, 1.82) is 0 Å². The van der Waals surface area contributed by atoms with Gasteiger partial charge in [0.25, 0.3) is 0 Å². The Hall–Kier alpha value is -2.20. The minimum atomic E-state index is -1.07. The summed E-state index contributed by atoms with van der Waals surface area (Å²) in [4.78, 5) is 42.9. The molecule has 0 radical (unpaired) electrons. The third-order valence-electron chi connectivity index (χ3n) is 3.77. The lowest BCUT2D eigenvalue weighted by molar-refractivity contribution is -0.142. The molecule has 0 saturated heterocycles. The van der Waals surface area contributed by atoms with E-state index in [0.29, 0.717) is 13.1 Å². The zero-order chi connectivity index (χ0) is 19.9. The third kappa shape index (κ3) is 13.1. The largest absolute Gasteiger partial charge is 0.481 e. The Morgan fingerprint density at radius 1 is 0.615 bits per heavy atom. The van der Waals surface area contributed by atoms with E-state index in [1.54, 1.807) is 0 Å². The van der Waals surface area contributed by atoms with E-state index in [9.17, 15) is 19.2 Å². The third-order valence-corrected chi connectivity index (χ3v) is 3.77. The molecule has 6 N–H and O–H groups in total. The minimum absolute atomic E-state index is 0.0293. The Bertz CT molecular complexity index is 427. The quantitative estimate of drug-likeness (QED) is 0.195.